The van der Waals surface area contributed by atoms with Crippen LogP contribution in [0.4, 0.5) is 4.39 Å². The minimum Gasteiger partial charge on any atom is -0.497 e. The van der Waals surface area contributed by atoms with E-state index >= 15 is 0 Å². The molecule has 0 saturated carbocycles. The topological polar surface area (TPSA) is 35.2 Å². The van der Waals surface area contributed by atoms with Crippen LogP contribution in [0.5, 0.6) is 5.75 Å². The van der Waals surface area contributed by atoms with Crippen LogP contribution in [0.25, 0.3) is 0 Å². The number of halogens is 3. The highest BCUT2D eigenvalue weighted by Crippen LogP contribution is 2.30. The molecule has 0 aliphatic carbocycles. The molecule has 2 aromatic carbocycles. The van der Waals surface area contributed by atoms with E-state index in [2.05, 4.69) is 15.9 Å². The van der Waals surface area contributed by atoms with Crippen LogP contribution in [0.3, 0.4) is 0 Å². The van der Waals surface area contributed by atoms with Crippen molar-refractivity contribution in [3.05, 3.63) is 62.8 Å². The summed E-state index contributed by atoms with van der Waals surface area (Å²) >= 11 is 9.47. The molecule has 2 aromatic rings. The van der Waals surface area contributed by atoms with Gasteiger partial charge in [-0.15, -0.1) is 0 Å². The lowest BCUT2D eigenvalue weighted by atomic mass is 9.99. The first-order valence-corrected chi connectivity index (χ1v) is 7.22. The van der Waals surface area contributed by atoms with E-state index < -0.39 is 0 Å². The Balaban J connectivity index is 2.26. The number of methoxy groups -OCH3 is 1. The highest BCUT2D eigenvalue weighted by molar-refractivity contribution is 9.10. The summed E-state index contributed by atoms with van der Waals surface area (Å²) in [6, 6.07) is 9.79. The zero-order valence-corrected chi connectivity index (χ0v) is 13.2. The number of hydrogen-bond donors (Lipinski definition) is 1. The zero-order valence-electron chi connectivity index (χ0n) is 10.9. The van der Waals surface area contributed by atoms with E-state index in [1.54, 1.807) is 19.2 Å². The summed E-state index contributed by atoms with van der Waals surface area (Å²) in [5.74, 6) is 0.398. The maximum Gasteiger partial charge on any atom is 0.127 e. The predicted octanol–water partition coefficient (Wildman–Crippen LogP) is 4.49. The Kier molecular flexibility index (Phi) is 5.02. The van der Waals surface area contributed by atoms with Crippen LogP contribution in [0.15, 0.2) is 40.9 Å². The van der Waals surface area contributed by atoms with Crippen LogP contribution >= 0.6 is 27.5 Å². The average Bonchev–Trinajstić information content (AvgIpc) is 2.42. The van der Waals surface area contributed by atoms with Crippen molar-refractivity contribution in [2.45, 2.75) is 12.5 Å². The Morgan fingerprint density at radius 3 is 2.70 bits per heavy atom. The maximum absolute atomic E-state index is 13.8. The van der Waals surface area contributed by atoms with Gasteiger partial charge in [-0.25, -0.2) is 4.39 Å². The molecule has 0 bridgehead atoms. The largest absolute Gasteiger partial charge is 0.497 e. The Hall–Kier alpha value is -1.10. The minimum atomic E-state index is -0.357. The van der Waals surface area contributed by atoms with Gasteiger partial charge < -0.3 is 10.5 Å². The van der Waals surface area contributed by atoms with E-state index in [-0.39, 0.29) is 11.9 Å². The summed E-state index contributed by atoms with van der Waals surface area (Å²) in [5.41, 5.74) is 7.48. The van der Waals surface area contributed by atoms with Crippen LogP contribution in [0.2, 0.25) is 5.02 Å². The Bertz CT molecular complexity index is 601. The van der Waals surface area contributed by atoms with Crippen LogP contribution in [-0.2, 0) is 6.42 Å². The molecule has 0 amide bonds. The summed E-state index contributed by atoms with van der Waals surface area (Å²) in [4.78, 5) is 0. The summed E-state index contributed by atoms with van der Waals surface area (Å²) in [5, 5.41) is 0.394. The Morgan fingerprint density at radius 2 is 2.10 bits per heavy atom. The second-order valence-electron chi connectivity index (χ2n) is 4.40. The number of benzene rings is 2. The highest BCUT2D eigenvalue weighted by atomic mass is 79.9. The van der Waals surface area contributed by atoms with Gasteiger partial charge in [0, 0.05) is 21.1 Å². The molecule has 0 spiro atoms. The van der Waals surface area contributed by atoms with E-state index in [0.29, 0.717) is 17.0 Å². The number of nitrogens with two attached hydrogens (primary N) is 1. The van der Waals surface area contributed by atoms with Crippen LogP contribution in [-0.4, -0.2) is 7.11 Å². The third-order valence-corrected chi connectivity index (χ3v) is 4.13. The lowest BCUT2D eigenvalue weighted by Gasteiger charge is -2.16. The summed E-state index contributed by atoms with van der Waals surface area (Å²) in [6.07, 6.45) is 0.330. The van der Waals surface area contributed by atoms with Crippen molar-refractivity contribution >= 4 is 27.5 Å². The fraction of sp³-hybridized carbons (Fsp3) is 0.200. The first-order valence-electron chi connectivity index (χ1n) is 6.05. The molecule has 1 atom stereocenters. The van der Waals surface area contributed by atoms with Crippen LogP contribution < -0.4 is 10.5 Å². The van der Waals surface area contributed by atoms with Crippen molar-refractivity contribution in [2.24, 2.45) is 5.73 Å². The first kappa shape index (κ1) is 15.3. The predicted molar refractivity (Wildman–Crippen MR) is 82.7 cm³/mol. The third-order valence-electron chi connectivity index (χ3n) is 3.09. The van der Waals surface area contributed by atoms with Gasteiger partial charge in [-0.05, 0) is 36.2 Å². The molecule has 20 heavy (non-hydrogen) atoms. The molecule has 5 heteroatoms. The van der Waals surface area contributed by atoms with Gasteiger partial charge in [-0.2, -0.15) is 0 Å². The number of ether oxygens (including phenoxy) is 1. The molecule has 1 unspecified atom stereocenters. The molecule has 2 rings (SSSR count). The summed E-state index contributed by atoms with van der Waals surface area (Å²) < 4.78 is 19.7. The van der Waals surface area contributed by atoms with Gasteiger partial charge in [-0.1, -0.05) is 39.7 Å². The molecular formula is C15H14BrClFNO. The Labute approximate surface area is 130 Å². The lowest BCUT2D eigenvalue weighted by Crippen LogP contribution is -2.15. The van der Waals surface area contributed by atoms with E-state index in [1.165, 1.54) is 6.07 Å². The first-order chi connectivity index (χ1) is 9.52. The van der Waals surface area contributed by atoms with Gasteiger partial charge in [-0.3, -0.25) is 0 Å². The molecule has 0 fully saturated rings. The molecule has 0 aliphatic heterocycles. The molecular weight excluding hydrogens is 345 g/mol. The third kappa shape index (κ3) is 3.32. The molecule has 0 aliphatic rings. The fourth-order valence-electron chi connectivity index (χ4n) is 1.99. The molecule has 2 nitrogen and oxygen atoms in total. The molecule has 0 radical (unpaired) electrons. The van der Waals surface area contributed by atoms with Gasteiger partial charge in [0.15, 0.2) is 0 Å². The smallest absolute Gasteiger partial charge is 0.127 e. The van der Waals surface area contributed by atoms with E-state index in [1.807, 2.05) is 18.2 Å². The SMILES string of the molecule is COc1ccc(C(N)Cc2c(F)cccc2Cl)c(Br)c1. The van der Waals surface area contributed by atoms with Gasteiger partial charge >= 0.3 is 0 Å². The fourth-order valence-corrected chi connectivity index (χ4v) is 2.88. The van der Waals surface area contributed by atoms with Crippen LogP contribution in [0.1, 0.15) is 17.2 Å². The van der Waals surface area contributed by atoms with Crippen molar-refractivity contribution in [1.29, 1.82) is 0 Å². The van der Waals surface area contributed by atoms with E-state index in [9.17, 15) is 4.39 Å². The van der Waals surface area contributed by atoms with Crippen LogP contribution in [0, 0.1) is 5.82 Å². The van der Waals surface area contributed by atoms with Gasteiger partial charge in [0.2, 0.25) is 0 Å². The second-order valence-corrected chi connectivity index (χ2v) is 5.66. The average molecular weight is 359 g/mol. The maximum atomic E-state index is 13.8. The standard InChI is InChI=1S/C15H14BrClFNO/c1-20-9-5-6-10(12(16)7-9)15(19)8-11-13(17)3-2-4-14(11)18/h2-7,15H,8,19H2,1H3. The number of hydrogen-bond acceptors (Lipinski definition) is 2. The van der Waals surface area contributed by atoms with Crippen molar-refractivity contribution in [2.75, 3.05) is 7.11 Å². The number of rotatable bonds is 4. The molecule has 0 aromatic heterocycles. The normalized spacial score (nSPS) is 12.2. The minimum absolute atomic E-state index is 0.330. The van der Waals surface area contributed by atoms with Gasteiger partial charge in [0.05, 0.1) is 7.11 Å². The van der Waals surface area contributed by atoms with E-state index in [4.69, 9.17) is 22.1 Å². The lowest BCUT2D eigenvalue weighted by molar-refractivity contribution is 0.414. The van der Waals surface area contributed by atoms with E-state index in [0.717, 1.165) is 15.8 Å². The van der Waals surface area contributed by atoms with Crippen molar-refractivity contribution in [3.8, 4) is 5.75 Å². The highest BCUT2D eigenvalue weighted by Gasteiger charge is 2.15. The molecule has 0 heterocycles. The molecule has 0 saturated heterocycles. The van der Waals surface area contributed by atoms with Crippen molar-refractivity contribution in [3.63, 3.8) is 0 Å². The molecule has 2 N–H and O–H groups in total. The van der Waals surface area contributed by atoms with Gasteiger partial charge in [0.25, 0.3) is 0 Å². The summed E-state index contributed by atoms with van der Waals surface area (Å²) in [6.45, 7) is 0. The second kappa shape index (κ2) is 6.57. The van der Waals surface area contributed by atoms with Crippen molar-refractivity contribution < 1.29 is 9.13 Å². The van der Waals surface area contributed by atoms with Crippen molar-refractivity contribution in [1.82, 2.24) is 0 Å². The monoisotopic (exact) mass is 357 g/mol. The zero-order chi connectivity index (χ0) is 14.7. The quantitative estimate of drug-likeness (QED) is 0.874. The summed E-state index contributed by atoms with van der Waals surface area (Å²) in [7, 11) is 1.60. The van der Waals surface area contributed by atoms with Gasteiger partial charge in [0.1, 0.15) is 11.6 Å². The Morgan fingerprint density at radius 1 is 1.35 bits per heavy atom. The molecule has 106 valence electrons.